The molecule has 1 aliphatic carbocycles. The third-order valence-corrected chi connectivity index (χ3v) is 6.64. The molecule has 2 aromatic carbocycles. The number of carbonyl (C=O) groups excluding carboxylic acids is 1. The van der Waals surface area contributed by atoms with E-state index < -0.39 is 5.91 Å². The average Bonchev–Trinajstić information content (AvgIpc) is 3.31. The molecule has 3 aromatic rings. The second kappa shape index (κ2) is 9.33. The van der Waals surface area contributed by atoms with E-state index in [4.69, 9.17) is 15.2 Å². The molecule has 6 heteroatoms. The van der Waals surface area contributed by atoms with Gasteiger partial charge in [0.15, 0.2) is 0 Å². The van der Waals surface area contributed by atoms with E-state index in [-0.39, 0.29) is 6.10 Å². The molecule has 0 saturated carbocycles. The first kappa shape index (κ1) is 21.6. The lowest BCUT2D eigenvalue weighted by Crippen LogP contribution is -2.38. The number of rotatable bonds is 6. The molecule has 0 spiro atoms. The molecule has 2 heterocycles. The van der Waals surface area contributed by atoms with Crippen molar-refractivity contribution in [2.24, 2.45) is 5.73 Å². The molecule has 0 radical (unpaired) electrons. The van der Waals surface area contributed by atoms with E-state index in [0.29, 0.717) is 12.2 Å². The van der Waals surface area contributed by atoms with E-state index >= 15 is 0 Å². The van der Waals surface area contributed by atoms with Crippen LogP contribution in [0.2, 0.25) is 0 Å². The van der Waals surface area contributed by atoms with Gasteiger partial charge in [-0.05, 0) is 60.2 Å². The van der Waals surface area contributed by atoms with E-state index in [1.807, 2.05) is 30.5 Å². The van der Waals surface area contributed by atoms with E-state index in [0.717, 1.165) is 55.0 Å². The fraction of sp³-hybridized carbons (Fsp3) is 0.333. The lowest BCUT2D eigenvalue weighted by Gasteiger charge is -2.33. The molecule has 5 rings (SSSR count). The zero-order chi connectivity index (χ0) is 22.8. The van der Waals surface area contributed by atoms with E-state index in [1.165, 1.54) is 23.1 Å². The first-order valence-electron chi connectivity index (χ1n) is 11.5. The van der Waals surface area contributed by atoms with Crippen molar-refractivity contribution in [3.63, 3.8) is 0 Å². The quantitative estimate of drug-likeness (QED) is 0.625. The van der Waals surface area contributed by atoms with Crippen LogP contribution in [-0.4, -0.2) is 42.6 Å². The molecule has 1 aliphatic heterocycles. The zero-order valence-corrected chi connectivity index (χ0v) is 18.9. The molecule has 0 unspecified atom stereocenters. The van der Waals surface area contributed by atoms with E-state index in [1.54, 1.807) is 19.2 Å². The topological polar surface area (TPSA) is 77.7 Å². The minimum Gasteiger partial charge on any atom is -0.496 e. The number of ether oxygens (including phenoxy) is 2. The Bertz CT molecular complexity index is 1160. The van der Waals surface area contributed by atoms with Crippen molar-refractivity contribution in [1.82, 2.24) is 9.88 Å². The Kier molecular flexibility index (Phi) is 6.11. The van der Waals surface area contributed by atoms with Gasteiger partial charge in [0.2, 0.25) is 5.91 Å². The van der Waals surface area contributed by atoms with Gasteiger partial charge in [-0.15, -0.1) is 0 Å². The third-order valence-electron chi connectivity index (χ3n) is 6.64. The molecule has 1 fully saturated rings. The highest BCUT2D eigenvalue weighted by Gasteiger charge is 2.25. The summed E-state index contributed by atoms with van der Waals surface area (Å²) in [5.74, 6) is 0.552. The van der Waals surface area contributed by atoms with Gasteiger partial charge in [0, 0.05) is 42.5 Å². The predicted octanol–water partition coefficient (Wildman–Crippen LogP) is 3.92. The number of carbonyl (C=O) groups is 1. The second-order valence-electron chi connectivity index (χ2n) is 8.80. The Morgan fingerprint density at radius 3 is 2.76 bits per heavy atom. The highest BCUT2D eigenvalue weighted by molar-refractivity contribution is 5.94. The van der Waals surface area contributed by atoms with Gasteiger partial charge < -0.3 is 15.2 Å². The molecule has 0 bridgehead atoms. The molecule has 2 N–H and O–H groups in total. The summed E-state index contributed by atoms with van der Waals surface area (Å²) in [6.07, 6.45) is 5.30. The summed E-state index contributed by atoms with van der Waals surface area (Å²) < 4.78 is 11.8. The van der Waals surface area contributed by atoms with Crippen LogP contribution in [0.3, 0.4) is 0 Å². The van der Waals surface area contributed by atoms with Gasteiger partial charge in [-0.2, -0.15) is 0 Å². The van der Waals surface area contributed by atoms with Crippen molar-refractivity contribution in [3.05, 3.63) is 82.7 Å². The summed E-state index contributed by atoms with van der Waals surface area (Å²) in [5, 5.41) is 0. The largest absolute Gasteiger partial charge is 0.496 e. The minimum atomic E-state index is -0.433. The highest BCUT2D eigenvalue weighted by atomic mass is 16.5. The molecular weight excluding hydrogens is 414 g/mol. The van der Waals surface area contributed by atoms with Crippen molar-refractivity contribution in [1.29, 1.82) is 0 Å². The van der Waals surface area contributed by atoms with Crippen molar-refractivity contribution < 1.29 is 14.3 Å². The Morgan fingerprint density at radius 1 is 1.15 bits per heavy atom. The number of fused-ring (bicyclic) bond motifs is 1. The number of hydrogen-bond acceptors (Lipinski definition) is 5. The average molecular weight is 444 g/mol. The summed E-state index contributed by atoms with van der Waals surface area (Å²) in [6.45, 7) is 3.18. The summed E-state index contributed by atoms with van der Waals surface area (Å²) in [6, 6.07) is 15.9. The number of amides is 1. The first-order chi connectivity index (χ1) is 16.1. The Morgan fingerprint density at radius 2 is 2.00 bits per heavy atom. The van der Waals surface area contributed by atoms with Crippen LogP contribution in [0.1, 0.15) is 45.3 Å². The number of hydrogen-bond donors (Lipinski definition) is 1. The van der Waals surface area contributed by atoms with Crippen LogP contribution in [0.5, 0.6) is 5.75 Å². The molecule has 1 saturated heterocycles. The number of aryl methyl sites for hydroxylation is 2. The number of aromatic nitrogens is 1. The summed E-state index contributed by atoms with van der Waals surface area (Å²) in [7, 11) is 1.76. The summed E-state index contributed by atoms with van der Waals surface area (Å²) in [4.78, 5) is 18.6. The van der Waals surface area contributed by atoms with Gasteiger partial charge in [-0.3, -0.25) is 14.7 Å². The number of nitrogens with two attached hydrogens (primary N) is 1. The molecular formula is C27H29N3O3. The summed E-state index contributed by atoms with van der Waals surface area (Å²) >= 11 is 0. The Balaban J connectivity index is 1.29. The Labute approximate surface area is 194 Å². The van der Waals surface area contributed by atoms with Gasteiger partial charge in [-0.1, -0.05) is 24.3 Å². The van der Waals surface area contributed by atoms with Gasteiger partial charge in [-0.25, -0.2) is 0 Å². The van der Waals surface area contributed by atoms with Crippen LogP contribution in [-0.2, 0) is 24.1 Å². The van der Waals surface area contributed by atoms with Crippen LogP contribution >= 0.6 is 0 Å². The van der Waals surface area contributed by atoms with Gasteiger partial charge in [0.25, 0.3) is 0 Å². The lowest BCUT2D eigenvalue weighted by atomic mass is 10.0. The first-order valence-corrected chi connectivity index (χ1v) is 11.5. The number of pyridine rings is 1. The molecule has 1 aromatic heterocycles. The van der Waals surface area contributed by atoms with E-state index in [9.17, 15) is 4.79 Å². The maximum Gasteiger partial charge on any atom is 0.248 e. The van der Waals surface area contributed by atoms with Crippen molar-refractivity contribution >= 4 is 5.91 Å². The number of benzene rings is 2. The molecule has 2 aliphatic rings. The fourth-order valence-corrected chi connectivity index (χ4v) is 4.85. The normalized spacial score (nSPS) is 18.2. The molecule has 1 atom stereocenters. The molecule has 1 amide bonds. The third kappa shape index (κ3) is 4.63. The zero-order valence-electron chi connectivity index (χ0n) is 18.9. The van der Waals surface area contributed by atoms with Crippen LogP contribution in [0, 0.1) is 0 Å². The Hall–Kier alpha value is -3.22. The molecule has 6 nitrogen and oxygen atoms in total. The monoisotopic (exact) mass is 443 g/mol. The maximum absolute atomic E-state index is 11.5. The van der Waals surface area contributed by atoms with Crippen molar-refractivity contribution in [2.45, 2.75) is 31.9 Å². The SMILES string of the molecule is COc1cc2c(cc1CN1CCO[C@H](c3ccc(-c4cccc(C(N)=O)c4)cn3)C1)CCC2. The smallest absolute Gasteiger partial charge is 0.248 e. The summed E-state index contributed by atoms with van der Waals surface area (Å²) in [5.41, 5.74) is 12.8. The fourth-order valence-electron chi connectivity index (χ4n) is 4.85. The van der Waals surface area contributed by atoms with Crippen LogP contribution in [0.4, 0.5) is 0 Å². The second-order valence-corrected chi connectivity index (χ2v) is 8.80. The number of nitrogens with zero attached hydrogens (tertiary/aromatic N) is 2. The highest BCUT2D eigenvalue weighted by Crippen LogP contribution is 2.32. The maximum atomic E-state index is 11.5. The van der Waals surface area contributed by atoms with Gasteiger partial charge >= 0.3 is 0 Å². The number of primary amides is 1. The van der Waals surface area contributed by atoms with E-state index in [2.05, 4.69) is 22.0 Å². The van der Waals surface area contributed by atoms with Gasteiger partial charge in [0.05, 0.1) is 19.4 Å². The minimum absolute atomic E-state index is 0.0785. The number of methoxy groups -OCH3 is 1. The standard InChI is InChI=1S/C27H29N3O3/c1-32-25-14-20-6-2-4-18(20)13-23(25)16-30-10-11-33-26(17-30)24-9-8-22(15-29-24)19-5-3-7-21(12-19)27(28)31/h3,5,7-9,12-15,26H,2,4,6,10-11,16-17H2,1H3,(H2,28,31)/t26-/m0/s1. The number of morpholine rings is 1. The van der Waals surface area contributed by atoms with Gasteiger partial charge in [0.1, 0.15) is 11.9 Å². The van der Waals surface area contributed by atoms with Crippen LogP contribution < -0.4 is 10.5 Å². The molecule has 33 heavy (non-hydrogen) atoms. The predicted molar refractivity (Wildman–Crippen MR) is 127 cm³/mol. The molecule has 170 valence electrons. The lowest BCUT2D eigenvalue weighted by molar-refractivity contribution is -0.0351. The van der Waals surface area contributed by atoms with Crippen LogP contribution in [0.15, 0.2) is 54.7 Å². The van der Waals surface area contributed by atoms with Crippen molar-refractivity contribution in [2.75, 3.05) is 26.8 Å². The van der Waals surface area contributed by atoms with Crippen LogP contribution in [0.25, 0.3) is 11.1 Å². The van der Waals surface area contributed by atoms with Crippen molar-refractivity contribution in [3.8, 4) is 16.9 Å².